The van der Waals surface area contributed by atoms with Crippen molar-refractivity contribution < 1.29 is 9.47 Å². The van der Waals surface area contributed by atoms with Crippen molar-refractivity contribution in [1.29, 1.82) is 0 Å². The van der Waals surface area contributed by atoms with Gasteiger partial charge in [-0.05, 0) is 24.3 Å². The molecule has 1 aliphatic heterocycles. The van der Waals surface area contributed by atoms with E-state index in [0.717, 1.165) is 22.6 Å². The van der Waals surface area contributed by atoms with Crippen LogP contribution in [0.15, 0.2) is 36.4 Å². The minimum absolute atomic E-state index is 0.491. The molecule has 0 atom stereocenters. The third-order valence-electron chi connectivity index (χ3n) is 2.97. The van der Waals surface area contributed by atoms with Gasteiger partial charge in [-0.3, -0.25) is 0 Å². The summed E-state index contributed by atoms with van der Waals surface area (Å²) in [5.41, 5.74) is 15.0. The summed E-state index contributed by atoms with van der Waals surface area (Å²) in [5, 5.41) is 0. The minimum Gasteiger partial charge on any atom is -0.489 e. The van der Waals surface area contributed by atoms with Gasteiger partial charge in [-0.25, -0.2) is 0 Å². The van der Waals surface area contributed by atoms with Crippen LogP contribution >= 0.6 is 0 Å². The normalized spacial score (nSPS) is 13.3. The lowest BCUT2D eigenvalue weighted by Crippen LogP contribution is -2.13. The van der Waals surface area contributed by atoms with Gasteiger partial charge in [-0.15, -0.1) is 0 Å². The molecule has 0 radical (unpaired) electrons. The highest BCUT2D eigenvalue weighted by Crippen LogP contribution is 2.44. The standard InChI is InChI=1S/C14H14N2O2/c15-9-3-1-5-11-13(9)14-10(16)4-2-6-12(14)18-8-7-17-11/h1-6H,7-8,15-16H2. The van der Waals surface area contributed by atoms with Gasteiger partial charge >= 0.3 is 0 Å². The summed E-state index contributed by atoms with van der Waals surface area (Å²) < 4.78 is 11.3. The molecule has 0 saturated carbocycles. The third-order valence-corrected chi connectivity index (χ3v) is 2.97. The van der Waals surface area contributed by atoms with E-state index in [-0.39, 0.29) is 0 Å². The van der Waals surface area contributed by atoms with Crippen molar-refractivity contribution in [3.8, 4) is 22.6 Å². The maximum Gasteiger partial charge on any atom is 0.129 e. The van der Waals surface area contributed by atoms with E-state index in [4.69, 9.17) is 20.9 Å². The van der Waals surface area contributed by atoms with Crippen molar-refractivity contribution in [3.63, 3.8) is 0 Å². The van der Waals surface area contributed by atoms with Crippen LogP contribution < -0.4 is 20.9 Å². The molecule has 18 heavy (non-hydrogen) atoms. The molecule has 1 heterocycles. The van der Waals surface area contributed by atoms with Crippen molar-refractivity contribution in [2.75, 3.05) is 24.7 Å². The lowest BCUT2D eigenvalue weighted by atomic mass is 9.99. The Morgan fingerprint density at radius 1 is 0.722 bits per heavy atom. The Hall–Kier alpha value is -2.36. The number of rotatable bonds is 0. The van der Waals surface area contributed by atoms with Crippen LogP contribution in [0, 0.1) is 0 Å². The van der Waals surface area contributed by atoms with Crippen LogP contribution in [-0.2, 0) is 0 Å². The zero-order valence-corrected chi connectivity index (χ0v) is 9.85. The van der Waals surface area contributed by atoms with Gasteiger partial charge in [0.05, 0.1) is 11.1 Å². The maximum atomic E-state index is 6.05. The van der Waals surface area contributed by atoms with E-state index in [1.54, 1.807) is 0 Å². The van der Waals surface area contributed by atoms with Crippen LogP contribution in [0.1, 0.15) is 0 Å². The molecule has 0 saturated heterocycles. The fourth-order valence-electron chi connectivity index (χ4n) is 2.18. The van der Waals surface area contributed by atoms with Crippen LogP contribution in [0.2, 0.25) is 0 Å². The highest BCUT2D eigenvalue weighted by Gasteiger charge is 2.19. The Bertz CT molecular complexity index is 543. The predicted octanol–water partition coefficient (Wildman–Crippen LogP) is 2.29. The van der Waals surface area contributed by atoms with Crippen molar-refractivity contribution in [2.45, 2.75) is 0 Å². The van der Waals surface area contributed by atoms with E-state index >= 15 is 0 Å². The minimum atomic E-state index is 0.491. The third kappa shape index (κ3) is 1.62. The lowest BCUT2D eigenvalue weighted by molar-refractivity contribution is 0.214. The van der Waals surface area contributed by atoms with E-state index in [0.29, 0.717) is 24.6 Å². The molecule has 0 aromatic heterocycles. The molecule has 4 N–H and O–H groups in total. The van der Waals surface area contributed by atoms with Gasteiger partial charge in [0.25, 0.3) is 0 Å². The molecule has 0 bridgehead atoms. The van der Waals surface area contributed by atoms with E-state index in [1.807, 2.05) is 36.4 Å². The molecule has 2 aromatic carbocycles. The molecule has 0 amide bonds. The summed E-state index contributed by atoms with van der Waals surface area (Å²) in [7, 11) is 0. The molecule has 0 unspecified atom stereocenters. The predicted molar refractivity (Wildman–Crippen MR) is 71.7 cm³/mol. The van der Waals surface area contributed by atoms with Crippen LogP contribution in [0.5, 0.6) is 11.5 Å². The molecule has 0 aliphatic carbocycles. The fourth-order valence-corrected chi connectivity index (χ4v) is 2.18. The average molecular weight is 242 g/mol. The monoisotopic (exact) mass is 242 g/mol. The topological polar surface area (TPSA) is 70.5 Å². The van der Waals surface area contributed by atoms with Crippen LogP contribution in [-0.4, -0.2) is 13.2 Å². The highest BCUT2D eigenvalue weighted by molar-refractivity contribution is 5.92. The van der Waals surface area contributed by atoms with Gasteiger partial charge in [-0.1, -0.05) is 12.1 Å². The van der Waals surface area contributed by atoms with Crippen LogP contribution in [0.3, 0.4) is 0 Å². The van der Waals surface area contributed by atoms with Crippen molar-refractivity contribution in [3.05, 3.63) is 36.4 Å². The molecule has 0 spiro atoms. The van der Waals surface area contributed by atoms with Crippen molar-refractivity contribution in [2.24, 2.45) is 0 Å². The summed E-state index contributed by atoms with van der Waals surface area (Å²) in [6.07, 6.45) is 0. The van der Waals surface area contributed by atoms with Gasteiger partial charge in [0.2, 0.25) is 0 Å². The lowest BCUT2D eigenvalue weighted by Gasteiger charge is -2.21. The Kier molecular flexibility index (Phi) is 2.48. The Morgan fingerprint density at radius 3 is 1.61 bits per heavy atom. The van der Waals surface area contributed by atoms with E-state index in [1.165, 1.54) is 0 Å². The number of anilines is 2. The second-order valence-electron chi connectivity index (χ2n) is 4.14. The summed E-state index contributed by atoms with van der Waals surface area (Å²) in [5.74, 6) is 1.50. The SMILES string of the molecule is Nc1cccc2c1-c1c(N)cccc1OCCO2. The number of hydrogen-bond acceptors (Lipinski definition) is 4. The zero-order chi connectivity index (χ0) is 12.5. The Balaban J connectivity index is 2.33. The zero-order valence-electron chi connectivity index (χ0n) is 9.85. The van der Waals surface area contributed by atoms with Crippen LogP contribution in [0.4, 0.5) is 11.4 Å². The molecule has 0 fully saturated rings. The number of nitrogens with two attached hydrogens (primary N) is 2. The van der Waals surface area contributed by atoms with Gasteiger partial charge in [0, 0.05) is 11.4 Å². The quantitative estimate of drug-likeness (QED) is 0.695. The highest BCUT2D eigenvalue weighted by atomic mass is 16.5. The van der Waals surface area contributed by atoms with E-state index in [9.17, 15) is 0 Å². The number of benzene rings is 2. The molecule has 4 nitrogen and oxygen atoms in total. The second kappa shape index (κ2) is 4.14. The van der Waals surface area contributed by atoms with Gasteiger partial charge in [0.1, 0.15) is 24.7 Å². The number of fused-ring (bicyclic) bond motifs is 3. The van der Waals surface area contributed by atoms with Crippen molar-refractivity contribution in [1.82, 2.24) is 0 Å². The summed E-state index contributed by atoms with van der Waals surface area (Å²) >= 11 is 0. The first-order chi connectivity index (χ1) is 8.77. The Morgan fingerprint density at radius 2 is 1.17 bits per heavy atom. The summed E-state index contributed by atoms with van der Waals surface area (Å²) in [6, 6.07) is 11.2. The Labute approximate surface area is 105 Å². The first-order valence-electron chi connectivity index (χ1n) is 5.80. The van der Waals surface area contributed by atoms with Crippen molar-refractivity contribution >= 4 is 11.4 Å². The van der Waals surface area contributed by atoms with Gasteiger partial charge in [-0.2, -0.15) is 0 Å². The number of ether oxygens (including phenoxy) is 2. The molecule has 1 aliphatic rings. The van der Waals surface area contributed by atoms with Gasteiger partial charge in [0.15, 0.2) is 0 Å². The first-order valence-corrected chi connectivity index (χ1v) is 5.80. The first kappa shape index (κ1) is 10.8. The van der Waals surface area contributed by atoms with Gasteiger partial charge < -0.3 is 20.9 Å². The maximum absolute atomic E-state index is 6.05. The average Bonchev–Trinajstić information content (AvgIpc) is 2.33. The molecule has 4 heteroatoms. The molecular formula is C14H14N2O2. The molecule has 3 rings (SSSR count). The van der Waals surface area contributed by atoms with E-state index < -0.39 is 0 Å². The second-order valence-corrected chi connectivity index (χ2v) is 4.14. The fraction of sp³-hybridized carbons (Fsp3) is 0.143. The summed E-state index contributed by atoms with van der Waals surface area (Å²) in [4.78, 5) is 0. The molecule has 2 aromatic rings. The summed E-state index contributed by atoms with van der Waals surface area (Å²) in [6.45, 7) is 0.982. The largest absolute Gasteiger partial charge is 0.489 e. The van der Waals surface area contributed by atoms with E-state index in [2.05, 4.69) is 0 Å². The smallest absolute Gasteiger partial charge is 0.129 e. The number of hydrogen-bond donors (Lipinski definition) is 2. The molecule has 92 valence electrons. The molecular weight excluding hydrogens is 228 g/mol. The number of nitrogen functional groups attached to an aromatic ring is 2. The van der Waals surface area contributed by atoms with Crippen LogP contribution in [0.25, 0.3) is 11.1 Å².